The molecule has 0 amide bonds. The fourth-order valence-corrected chi connectivity index (χ4v) is 3.06. The third-order valence-corrected chi connectivity index (χ3v) is 3.99. The van der Waals surface area contributed by atoms with Crippen molar-refractivity contribution in [3.8, 4) is 0 Å². The predicted octanol–water partition coefficient (Wildman–Crippen LogP) is 2.25. The Hall–Kier alpha value is -0.0800. The second kappa shape index (κ2) is 5.31. The van der Waals surface area contributed by atoms with Crippen molar-refractivity contribution < 1.29 is 0 Å². The second-order valence-electron chi connectivity index (χ2n) is 5.52. The summed E-state index contributed by atoms with van der Waals surface area (Å²) in [5.41, 5.74) is 0. The van der Waals surface area contributed by atoms with Crippen LogP contribution >= 0.6 is 0 Å². The standard InChI is InChI=1S/C13H26N2/c1-3-7-15(13-8-11(2)9-13)10-12-5-4-6-14-12/h11-14H,3-10H2,1-2H3. The van der Waals surface area contributed by atoms with Gasteiger partial charge in [0.1, 0.15) is 0 Å². The van der Waals surface area contributed by atoms with Gasteiger partial charge in [-0.05, 0) is 51.1 Å². The van der Waals surface area contributed by atoms with E-state index >= 15 is 0 Å². The summed E-state index contributed by atoms with van der Waals surface area (Å²) in [6, 6.07) is 1.69. The van der Waals surface area contributed by atoms with Crippen LogP contribution in [0.4, 0.5) is 0 Å². The molecular formula is C13H26N2. The zero-order valence-electron chi connectivity index (χ0n) is 10.3. The highest BCUT2D eigenvalue weighted by molar-refractivity contribution is 4.88. The van der Waals surface area contributed by atoms with Crippen LogP contribution in [0, 0.1) is 5.92 Å². The van der Waals surface area contributed by atoms with Gasteiger partial charge in [-0.25, -0.2) is 0 Å². The molecule has 1 unspecified atom stereocenters. The van der Waals surface area contributed by atoms with Crippen LogP contribution in [-0.2, 0) is 0 Å². The van der Waals surface area contributed by atoms with Crippen molar-refractivity contribution >= 4 is 0 Å². The van der Waals surface area contributed by atoms with Crippen LogP contribution in [0.5, 0.6) is 0 Å². The summed E-state index contributed by atoms with van der Waals surface area (Å²) in [5.74, 6) is 0.978. The van der Waals surface area contributed by atoms with E-state index in [1.165, 1.54) is 51.7 Å². The van der Waals surface area contributed by atoms with Crippen LogP contribution in [0.1, 0.15) is 46.0 Å². The Labute approximate surface area is 94.4 Å². The van der Waals surface area contributed by atoms with Gasteiger partial charge in [-0.3, -0.25) is 4.90 Å². The van der Waals surface area contributed by atoms with Gasteiger partial charge in [0, 0.05) is 18.6 Å². The van der Waals surface area contributed by atoms with Crippen molar-refractivity contribution in [2.45, 2.75) is 58.0 Å². The first-order valence-corrected chi connectivity index (χ1v) is 6.77. The van der Waals surface area contributed by atoms with Gasteiger partial charge in [-0.2, -0.15) is 0 Å². The average Bonchev–Trinajstić information content (AvgIpc) is 2.65. The van der Waals surface area contributed by atoms with Gasteiger partial charge in [0.15, 0.2) is 0 Å². The molecule has 2 rings (SSSR count). The Kier molecular flexibility index (Phi) is 4.04. The first-order chi connectivity index (χ1) is 7.29. The Balaban J connectivity index is 1.77. The highest BCUT2D eigenvalue weighted by atomic mass is 15.2. The van der Waals surface area contributed by atoms with Gasteiger partial charge in [0.2, 0.25) is 0 Å². The summed E-state index contributed by atoms with van der Waals surface area (Å²) in [4.78, 5) is 2.74. The molecule has 1 saturated carbocycles. The lowest BCUT2D eigenvalue weighted by molar-refractivity contribution is 0.0786. The average molecular weight is 210 g/mol. The van der Waals surface area contributed by atoms with Gasteiger partial charge in [0.25, 0.3) is 0 Å². The van der Waals surface area contributed by atoms with Crippen molar-refractivity contribution in [2.75, 3.05) is 19.6 Å². The molecule has 1 saturated heterocycles. The third kappa shape index (κ3) is 2.94. The summed E-state index contributed by atoms with van der Waals surface area (Å²) >= 11 is 0. The van der Waals surface area contributed by atoms with Crippen molar-refractivity contribution in [3.05, 3.63) is 0 Å². The summed E-state index contributed by atoms with van der Waals surface area (Å²) in [6.45, 7) is 8.53. The minimum absolute atomic E-state index is 0.785. The molecule has 0 aromatic rings. The van der Waals surface area contributed by atoms with Crippen LogP contribution in [0.15, 0.2) is 0 Å². The van der Waals surface area contributed by atoms with E-state index in [-0.39, 0.29) is 0 Å². The van der Waals surface area contributed by atoms with Crippen molar-refractivity contribution in [1.82, 2.24) is 10.2 Å². The van der Waals surface area contributed by atoms with Crippen molar-refractivity contribution in [2.24, 2.45) is 5.92 Å². The molecule has 2 nitrogen and oxygen atoms in total. The van der Waals surface area contributed by atoms with Crippen molar-refractivity contribution in [3.63, 3.8) is 0 Å². The Morgan fingerprint density at radius 3 is 2.67 bits per heavy atom. The molecule has 1 atom stereocenters. The zero-order valence-corrected chi connectivity index (χ0v) is 10.3. The quantitative estimate of drug-likeness (QED) is 0.749. The van der Waals surface area contributed by atoms with E-state index in [0.717, 1.165) is 18.0 Å². The lowest BCUT2D eigenvalue weighted by Gasteiger charge is -2.42. The molecule has 1 aliphatic heterocycles. The molecule has 1 heterocycles. The number of nitrogens with one attached hydrogen (secondary N) is 1. The lowest BCUT2D eigenvalue weighted by Crippen LogP contribution is -2.48. The molecule has 0 bridgehead atoms. The molecule has 88 valence electrons. The molecule has 0 aromatic heterocycles. The largest absolute Gasteiger partial charge is 0.313 e. The fraction of sp³-hybridized carbons (Fsp3) is 1.00. The lowest BCUT2D eigenvalue weighted by atomic mass is 9.80. The molecule has 15 heavy (non-hydrogen) atoms. The van der Waals surface area contributed by atoms with E-state index in [0.29, 0.717) is 0 Å². The topological polar surface area (TPSA) is 15.3 Å². The molecule has 0 radical (unpaired) electrons. The number of nitrogens with zero attached hydrogens (tertiary/aromatic N) is 1. The highest BCUT2D eigenvalue weighted by Gasteiger charge is 2.31. The van der Waals surface area contributed by atoms with Crippen molar-refractivity contribution in [1.29, 1.82) is 0 Å². The van der Waals surface area contributed by atoms with E-state index in [1.54, 1.807) is 0 Å². The molecule has 1 N–H and O–H groups in total. The van der Waals surface area contributed by atoms with E-state index in [9.17, 15) is 0 Å². The maximum Gasteiger partial charge on any atom is 0.0195 e. The smallest absolute Gasteiger partial charge is 0.0195 e. The first-order valence-electron chi connectivity index (χ1n) is 6.77. The molecule has 2 heteroatoms. The molecular weight excluding hydrogens is 184 g/mol. The first kappa shape index (κ1) is 11.4. The molecule has 2 aliphatic rings. The van der Waals surface area contributed by atoms with Gasteiger partial charge in [0.05, 0.1) is 0 Å². The van der Waals surface area contributed by atoms with Crippen LogP contribution in [0.25, 0.3) is 0 Å². The van der Waals surface area contributed by atoms with Crippen LogP contribution < -0.4 is 5.32 Å². The van der Waals surface area contributed by atoms with Crippen LogP contribution in [-0.4, -0.2) is 36.6 Å². The third-order valence-electron chi connectivity index (χ3n) is 3.99. The van der Waals surface area contributed by atoms with Crippen LogP contribution in [0.2, 0.25) is 0 Å². The fourth-order valence-electron chi connectivity index (χ4n) is 3.06. The maximum absolute atomic E-state index is 3.62. The molecule has 2 fully saturated rings. The summed E-state index contributed by atoms with van der Waals surface area (Å²) in [6.07, 6.45) is 6.95. The molecule has 0 spiro atoms. The number of hydrogen-bond acceptors (Lipinski definition) is 2. The van der Waals surface area contributed by atoms with Gasteiger partial charge >= 0.3 is 0 Å². The van der Waals surface area contributed by atoms with Gasteiger partial charge in [-0.15, -0.1) is 0 Å². The minimum Gasteiger partial charge on any atom is -0.313 e. The Morgan fingerprint density at radius 2 is 2.13 bits per heavy atom. The van der Waals surface area contributed by atoms with E-state index < -0.39 is 0 Å². The number of rotatable bonds is 5. The Morgan fingerprint density at radius 1 is 1.33 bits per heavy atom. The maximum atomic E-state index is 3.62. The minimum atomic E-state index is 0.785. The SMILES string of the molecule is CCCN(CC1CCCN1)C1CC(C)C1. The normalized spacial score (nSPS) is 35.8. The zero-order chi connectivity index (χ0) is 10.7. The summed E-state index contributed by atoms with van der Waals surface area (Å²) in [7, 11) is 0. The highest BCUT2D eigenvalue weighted by Crippen LogP contribution is 2.31. The van der Waals surface area contributed by atoms with Gasteiger partial charge < -0.3 is 5.32 Å². The number of hydrogen-bond donors (Lipinski definition) is 1. The molecule has 1 aliphatic carbocycles. The summed E-state index contributed by atoms with van der Waals surface area (Å²) < 4.78 is 0. The van der Waals surface area contributed by atoms with Crippen LogP contribution in [0.3, 0.4) is 0 Å². The monoisotopic (exact) mass is 210 g/mol. The second-order valence-corrected chi connectivity index (χ2v) is 5.52. The summed E-state index contributed by atoms with van der Waals surface area (Å²) in [5, 5.41) is 3.62. The van der Waals surface area contributed by atoms with Gasteiger partial charge in [-0.1, -0.05) is 13.8 Å². The molecule has 0 aromatic carbocycles. The van der Waals surface area contributed by atoms with E-state index in [1.807, 2.05) is 0 Å². The predicted molar refractivity (Wildman–Crippen MR) is 65.1 cm³/mol. The van der Waals surface area contributed by atoms with E-state index in [4.69, 9.17) is 0 Å². The van der Waals surface area contributed by atoms with E-state index in [2.05, 4.69) is 24.1 Å². The Bertz CT molecular complexity index is 181.